The number of hydrogen-bond donors (Lipinski definition) is 1. The molecule has 2 rings (SSSR count). The van der Waals surface area contributed by atoms with Crippen molar-refractivity contribution in [1.29, 1.82) is 0 Å². The van der Waals surface area contributed by atoms with E-state index in [1.54, 1.807) is 14.2 Å². The maximum absolute atomic E-state index is 13.1. The first-order chi connectivity index (χ1) is 10.2. The van der Waals surface area contributed by atoms with Gasteiger partial charge in [-0.15, -0.1) is 0 Å². The maximum Gasteiger partial charge on any atom is 0.127 e. The number of ether oxygens (including phenoxy) is 2. The number of halogens is 1. The van der Waals surface area contributed by atoms with Crippen LogP contribution >= 0.6 is 0 Å². The SMILES string of the molecule is COc1cc(C)cc(OC)c1[C@H](CCF)N1CCNCC1. The second kappa shape index (κ2) is 7.61. The molecule has 118 valence electrons. The fraction of sp³-hybridized carbons (Fsp3) is 0.625. The van der Waals surface area contributed by atoms with Crippen LogP contribution in [0.25, 0.3) is 0 Å². The Hall–Kier alpha value is -1.33. The molecule has 1 atom stereocenters. The van der Waals surface area contributed by atoms with Crippen molar-refractivity contribution in [1.82, 2.24) is 10.2 Å². The fourth-order valence-electron chi connectivity index (χ4n) is 3.00. The maximum atomic E-state index is 13.1. The molecule has 0 spiro atoms. The van der Waals surface area contributed by atoms with Crippen LogP contribution in [0.1, 0.15) is 23.6 Å². The molecule has 0 aliphatic carbocycles. The Kier molecular flexibility index (Phi) is 5.82. The summed E-state index contributed by atoms with van der Waals surface area (Å²) in [6.45, 7) is 5.33. The number of methoxy groups -OCH3 is 2. The first-order valence-corrected chi connectivity index (χ1v) is 7.44. The summed E-state index contributed by atoms with van der Waals surface area (Å²) in [6.07, 6.45) is 0.454. The first-order valence-electron chi connectivity index (χ1n) is 7.44. The third-order valence-electron chi connectivity index (χ3n) is 4.00. The van der Waals surface area contributed by atoms with Crippen LogP contribution in [0.2, 0.25) is 0 Å². The normalized spacial score (nSPS) is 17.5. The minimum Gasteiger partial charge on any atom is -0.496 e. The molecule has 4 nitrogen and oxygen atoms in total. The highest BCUT2D eigenvalue weighted by Crippen LogP contribution is 2.40. The monoisotopic (exact) mass is 296 g/mol. The Morgan fingerprint density at radius 1 is 1.19 bits per heavy atom. The zero-order chi connectivity index (χ0) is 15.2. The third-order valence-corrected chi connectivity index (χ3v) is 4.00. The number of nitrogens with zero attached hydrogens (tertiary/aromatic N) is 1. The molecule has 1 saturated heterocycles. The highest BCUT2D eigenvalue weighted by molar-refractivity contribution is 5.50. The number of nitrogens with one attached hydrogen (secondary N) is 1. The van der Waals surface area contributed by atoms with Gasteiger partial charge in [0.2, 0.25) is 0 Å². The van der Waals surface area contributed by atoms with Crippen LogP contribution in [0.4, 0.5) is 4.39 Å². The number of alkyl halides is 1. The van der Waals surface area contributed by atoms with Gasteiger partial charge >= 0.3 is 0 Å². The molecule has 21 heavy (non-hydrogen) atoms. The summed E-state index contributed by atoms with van der Waals surface area (Å²) in [5.74, 6) is 1.56. The Labute approximate surface area is 126 Å². The van der Waals surface area contributed by atoms with E-state index in [0.29, 0.717) is 6.42 Å². The number of rotatable bonds is 6. The smallest absolute Gasteiger partial charge is 0.127 e. The standard InChI is InChI=1S/C16H25FN2O2/c1-12-10-14(20-2)16(15(11-12)21-3)13(4-5-17)19-8-6-18-7-9-19/h10-11,13,18H,4-9H2,1-3H3/t13-/m0/s1. The highest BCUT2D eigenvalue weighted by atomic mass is 19.1. The predicted octanol–water partition coefficient (Wildman–Crippen LogP) is 2.32. The van der Waals surface area contributed by atoms with Gasteiger partial charge in [-0.1, -0.05) is 0 Å². The van der Waals surface area contributed by atoms with E-state index in [4.69, 9.17) is 9.47 Å². The van der Waals surface area contributed by atoms with Crippen LogP contribution in [0.5, 0.6) is 11.5 Å². The van der Waals surface area contributed by atoms with Gasteiger partial charge in [0.1, 0.15) is 11.5 Å². The van der Waals surface area contributed by atoms with Crippen molar-refractivity contribution in [2.45, 2.75) is 19.4 Å². The van der Waals surface area contributed by atoms with E-state index in [1.165, 1.54) is 0 Å². The van der Waals surface area contributed by atoms with Crippen molar-refractivity contribution in [3.63, 3.8) is 0 Å². The van der Waals surface area contributed by atoms with Gasteiger partial charge < -0.3 is 14.8 Å². The van der Waals surface area contributed by atoms with Gasteiger partial charge in [-0.25, -0.2) is 0 Å². The zero-order valence-electron chi connectivity index (χ0n) is 13.1. The lowest BCUT2D eigenvalue weighted by molar-refractivity contribution is 0.152. The van der Waals surface area contributed by atoms with E-state index < -0.39 is 0 Å². The summed E-state index contributed by atoms with van der Waals surface area (Å²) in [5, 5.41) is 3.33. The lowest BCUT2D eigenvalue weighted by Crippen LogP contribution is -2.45. The van der Waals surface area contributed by atoms with E-state index in [9.17, 15) is 4.39 Å². The van der Waals surface area contributed by atoms with Crippen LogP contribution in [0.3, 0.4) is 0 Å². The van der Waals surface area contributed by atoms with Crippen LogP contribution in [-0.4, -0.2) is 52.0 Å². The molecule has 0 aromatic heterocycles. The molecule has 5 heteroatoms. The van der Waals surface area contributed by atoms with Crippen molar-refractivity contribution in [3.05, 3.63) is 23.3 Å². The summed E-state index contributed by atoms with van der Waals surface area (Å²) in [5.41, 5.74) is 2.04. The summed E-state index contributed by atoms with van der Waals surface area (Å²) in [4.78, 5) is 2.31. The molecule has 1 aromatic carbocycles. The second-order valence-electron chi connectivity index (χ2n) is 5.36. The van der Waals surface area contributed by atoms with Crippen LogP contribution < -0.4 is 14.8 Å². The Morgan fingerprint density at radius 3 is 2.24 bits per heavy atom. The minimum absolute atomic E-state index is 0.0115. The van der Waals surface area contributed by atoms with E-state index in [0.717, 1.165) is 48.8 Å². The number of benzene rings is 1. The molecule has 1 N–H and O–H groups in total. The van der Waals surface area contributed by atoms with Gasteiger partial charge in [0.25, 0.3) is 0 Å². The summed E-state index contributed by atoms with van der Waals surface area (Å²) < 4.78 is 24.2. The third kappa shape index (κ3) is 3.66. The molecule has 1 heterocycles. The molecule has 0 unspecified atom stereocenters. The Balaban J connectivity index is 2.42. The molecule has 1 aliphatic rings. The fourth-order valence-corrected chi connectivity index (χ4v) is 3.00. The van der Waals surface area contributed by atoms with Crippen LogP contribution in [-0.2, 0) is 0 Å². The van der Waals surface area contributed by atoms with E-state index >= 15 is 0 Å². The van der Waals surface area contributed by atoms with E-state index in [-0.39, 0.29) is 12.7 Å². The van der Waals surface area contributed by atoms with Crippen molar-refractivity contribution in [3.8, 4) is 11.5 Å². The highest BCUT2D eigenvalue weighted by Gasteiger charge is 2.28. The second-order valence-corrected chi connectivity index (χ2v) is 5.36. The summed E-state index contributed by atoms with van der Waals surface area (Å²) in [7, 11) is 3.31. The zero-order valence-corrected chi connectivity index (χ0v) is 13.1. The van der Waals surface area contributed by atoms with Gasteiger partial charge in [0.15, 0.2) is 0 Å². The van der Waals surface area contributed by atoms with Gasteiger partial charge in [-0.05, 0) is 31.0 Å². The molecule has 0 saturated carbocycles. The average molecular weight is 296 g/mol. The van der Waals surface area contributed by atoms with Crippen molar-refractivity contribution in [2.24, 2.45) is 0 Å². The van der Waals surface area contributed by atoms with Crippen LogP contribution in [0.15, 0.2) is 12.1 Å². The molecular weight excluding hydrogens is 271 g/mol. The molecule has 0 bridgehead atoms. The Bertz CT molecular complexity index is 437. The molecule has 0 radical (unpaired) electrons. The average Bonchev–Trinajstić information content (AvgIpc) is 2.53. The van der Waals surface area contributed by atoms with Crippen molar-refractivity contribution >= 4 is 0 Å². The number of aryl methyl sites for hydroxylation is 1. The molecule has 1 fully saturated rings. The lowest BCUT2D eigenvalue weighted by Gasteiger charge is -2.36. The topological polar surface area (TPSA) is 33.7 Å². The van der Waals surface area contributed by atoms with E-state index in [1.807, 2.05) is 19.1 Å². The van der Waals surface area contributed by atoms with Crippen molar-refractivity contribution in [2.75, 3.05) is 47.1 Å². The lowest BCUT2D eigenvalue weighted by atomic mass is 9.97. The largest absolute Gasteiger partial charge is 0.496 e. The molecule has 0 amide bonds. The van der Waals surface area contributed by atoms with Gasteiger partial charge in [-0.2, -0.15) is 0 Å². The minimum atomic E-state index is -0.352. The number of hydrogen-bond acceptors (Lipinski definition) is 4. The summed E-state index contributed by atoms with van der Waals surface area (Å²) >= 11 is 0. The quantitative estimate of drug-likeness (QED) is 0.873. The van der Waals surface area contributed by atoms with Gasteiger partial charge in [-0.3, -0.25) is 9.29 Å². The molecule has 1 aliphatic heterocycles. The first kappa shape index (κ1) is 16.0. The van der Waals surface area contributed by atoms with Gasteiger partial charge in [0, 0.05) is 32.2 Å². The predicted molar refractivity (Wildman–Crippen MR) is 82.1 cm³/mol. The molecule has 1 aromatic rings. The molecular formula is C16H25FN2O2. The summed E-state index contributed by atoms with van der Waals surface area (Å²) in [6, 6.07) is 3.97. The van der Waals surface area contributed by atoms with Crippen LogP contribution in [0, 0.1) is 6.92 Å². The number of piperazine rings is 1. The Morgan fingerprint density at radius 2 is 1.76 bits per heavy atom. The van der Waals surface area contributed by atoms with E-state index in [2.05, 4.69) is 10.2 Å². The van der Waals surface area contributed by atoms with Gasteiger partial charge in [0.05, 0.1) is 26.5 Å². The van der Waals surface area contributed by atoms with Crippen molar-refractivity contribution < 1.29 is 13.9 Å².